The lowest BCUT2D eigenvalue weighted by Crippen LogP contribution is -1.88. The first-order chi connectivity index (χ1) is 11.0. The smallest absolute Gasteiger partial charge is 0.119 e. The summed E-state index contributed by atoms with van der Waals surface area (Å²) < 4.78 is 0. The first kappa shape index (κ1) is 21.6. The predicted octanol–water partition coefficient (Wildman–Crippen LogP) is 6.57. The molecule has 0 radical (unpaired) electrons. The van der Waals surface area contributed by atoms with Gasteiger partial charge in [-0.05, 0) is 42.7 Å². The molecular weight excluding hydrogens is 294 g/mol. The highest BCUT2D eigenvalue weighted by atomic mass is 16.3. The van der Waals surface area contributed by atoms with Crippen molar-refractivity contribution in [3.8, 4) is 5.75 Å². The van der Waals surface area contributed by atoms with Crippen molar-refractivity contribution < 1.29 is 5.11 Å². The first-order valence-corrected chi connectivity index (χ1v) is 8.08. The molecule has 1 N–H and O–H groups in total. The number of nitrogens with zero attached hydrogens (tertiary/aromatic N) is 1. The Morgan fingerprint density at radius 3 is 2.38 bits per heavy atom. The number of hydrogen-bond acceptors (Lipinski definition) is 2. The molecule has 0 unspecified atom stereocenters. The topological polar surface area (TPSA) is 33.1 Å². The van der Waals surface area contributed by atoms with Crippen molar-refractivity contribution >= 4 is 11.6 Å². The molecule has 1 aromatic heterocycles. The Labute approximate surface area is 147 Å². The Balaban J connectivity index is 0.000000954. The summed E-state index contributed by atoms with van der Waals surface area (Å²) in [5.41, 5.74) is 4.73. The van der Waals surface area contributed by atoms with Crippen LogP contribution in [-0.4, -0.2) is 10.1 Å². The van der Waals surface area contributed by atoms with E-state index in [9.17, 15) is 5.11 Å². The van der Waals surface area contributed by atoms with Crippen LogP contribution in [0.15, 0.2) is 49.2 Å². The van der Waals surface area contributed by atoms with E-state index < -0.39 is 0 Å². The van der Waals surface area contributed by atoms with Gasteiger partial charge in [0.25, 0.3) is 0 Å². The molecule has 0 saturated heterocycles. The number of pyridine rings is 1. The summed E-state index contributed by atoms with van der Waals surface area (Å²) in [6.07, 6.45) is 8.29. The van der Waals surface area contributed by atoms with Gasteiger partial charge < -0.3 is 5.11 Å². The summed E-state index contributed by atoms with van der Waals surface area (Å²) in [6.45, 7) is 12.3. The van der Waals surface area contributed by atoms with Crippen molar-refractivity contribution in [1.29, 1.82) is 0 Å². The first-order valence-electron chi connectivity index (χ1n) is 8.08. The molecule has 0 atom stereocenters. The minimum Gasteiger partial charge on any atom is -0.508 e. The summed E-state index contributed by atoms with van der Waals surface area (Å²) in [5.74, 6) is 0.310. The predicted molar refractivity (Wildman–Crippen MR) is 107 cm³/mol. The van der Waals surface area contributed by atoms with Gasteiger partial charge in [-0.25, -0.2) is 0 Å². The van der Waals surface area contributed by atoms with Gasteiger partial charge in [0.05, 0.1) is 0 Å². The molecule has 0 aliphatic carbocycles. The minimum atomic E-state index is 0. The second-order valence-electron chi connectivity index (χ2n) is 5.54. The summed E-state index contributed by atoms with van der Waals surface area (Å²) in [7, 11) is 0. The quantitative estimate of drug-likeness (QED) is 0.645. The van der Waals surface area contributed by atoms with Crippen molar-refractivity contribution in [1.82, 2.24) is 4.98 Å². The molecule has 0 saturated carbocycles. The highest BCUT2D eigenvalue weighted by Crippen LogP contribution is 2.21. The molecule has 0 bridgehead atoms. The third kappa shape index (κ3) is 6.82. The zero-order chi connectivity index (χ0) is 17.2. The van der Waals surface area contributed by atoms with E-state index in [4.69, 9.17) is 0 Å². The van der Waals surface area contributed by atoms with Gasteiger partial charge in [0.1, 0.15) is 5.75 Å². The Hall–Kier alpha value is -2.35. The fourth-order valence-electron chi connectivity index (χ4n) is 1.84. The summed E-state index contributed by atoms with van der Waals surface area (Å²) >= 11 is 0. The average molecular weight is 325 g/mol. The lowest BCUT2D eigenvalue weighted by molar-refractivity contribution is 0.471. The number of aryl methyl sites for hydroxylation is 2. The van der Waals surface area contributed by atoms with Gasteiger partial charge in [0.2, 0.25) is 0 Å². The van der Waals surface area contributed by atoms with E-state index >= 15 is 0 Å². The van der Waals surface area contributed by atoms with Crippen molar-refractivity contribution in [2.45, 2.75) is 48.0 Å². The number of phenols is 1. The zero-order valence-corrected chi connectivity index (χ0v) is 14.6. The van der Waals surface area contributed by atoms with E-state index in [1.807, 2.05) is 50.3 Å². The van der Waals surface area contributed by atoms with E-state index in [-0.39, 0.29) is 7.43 Å². The minimum absolute atomic E-state index is 0. The van der Waals surface area contributed by atoms with Crippen LogP contribution in [0.5, 0.6) is 5.75 Å². The largest absolute Gasteiger partial charge is 0.508 e. The Morgan fingerprint density at radius 2 is 1.83 bits per heavy atom. The highest BCUT2D eigenvalue weighted by Gasteiger charge is 2.00. The Bertz CT molecular complexity index is 669. The number of aromatic hydroxyl groups is 1. The maximum absolute atomic E-state index is 9.66. The summed E-state index contributed by atoms with van der Waals surface area (Å²) in [4.78, 5) is 4.25. The number of aromatic nitrogens is 1. The third-order valence-corrected chi connectivity index (χ3v) is 3.56. The van der Waals surface area contributed by atoms with Crippen LogP contribution in [0.2, 0.25) is 0 Å². The van der Waals surface area contributed by atoms with Crippen LogP contribution in [0.3, 0.4) is 0 Å². The number of benzene rings is 1. The van der Waals surface area contributed by atoms with Gasteiger partial charge in [0.15, 0.2) is 0 Å². The van der Waals surface area contributed by atoms with Crippen LogP contribution in [0.4, 0.5) is 0 Å². The Morgan fingerprint density at radius 1 is 1.17 bits per heavy atom. The lowest BCUT2D eigenvalue weighted by atomic mass is 10.0. The fraction of sp³-hybridized carbons (Fsp3) is 0.318. The van der Waals surface area contributed by atoms with E-state index in [0.717, 1.165) is 28.0 Å². The van der Waals surface area contributed by atoms with Crippen molar-refractivity contribution in [2.24, 2.45) is 0 Å². The zero-order valence-electron chi connectivity index (χ0n) is 14.6. The normalized spacial score (nSPS) is 9.83. The molecule has 1 aromatic carbocycles. The SMILES string of the molecule is C.C=C(/C=C/c1ccc(C)c(O)c1)c1cccnc1C.CCCC. The van der Waals surface area contributed by atoms with Gasteiger partial charge in [-0.15, -0.1) is 0 Å². The van der Waals surface area contributed by atoms with Crippen molar-refractivity contribution in [3.63, 3.8) is 0 Å². The second kappa shape index (κ2) is 11.2. The van der Waals surface area contributed by atoms with Gasteiger partial charge in [-0.2, -0.15) is 0 Å². The number of hydrogen-bond donors (Lipinski definition) is 1. The molecule has 2 aromatic rings. The van der Waals surface area contributed by atoms with Gasteiger partial charge in [-0.1, -0.05) is 71.0 Å². The molecular formula is C22H31NO. The molecule has 0 aliphatic heterocycles. The highest BCUT2D eigenvalue weighted by molar-refractivity contribution is 5.78. The Kier molecular flexibility index (Phi) is 10.1. The van der Waals surface area contributed by atoms with Crippen LogP contribution in [-0.2, 0) is 0 Å². The van der Waals surface area contributed by atoms with Crippen LogP contribution in [0.1, 0.15) is 56.5 Å². The molecule has 130 valence electrons. The summed E-state index contributed by atoms with van der Waals surface area (Å²) in [5, 5.41) is 9.66. The van der Waals surface area contributed by atoms with Crippen LogP contribution in [0, 0.1) is 13.8 Å². The number of rotatable bonds is 4. The van der Waals surface area contributed by atoms with Crippen molar-refractivity contribution in [3.05, 3.63) is 71.6 Å². The van der Waals surface area contributed by atoms with Crippen molar-refractivity contribution in [2.75, 3.05) is 0 Å². The maximum Gasteiger partial charge on any atom is 0.119 e. The molecule has 0 amide bonds. The molecule has 1 heterocycles. The van der Waals surface area contributed by atoms with Crippen LogP contribution in [0.25, 0.3) is 11.6 Å². The van der Waals surface area contributed by atoms with E-state index in [2.05, 4.69) is 25.4 Å². The molecule has 0 fully saturated rings. The number of unbranched alkanes of at least 4 members (excludes halogenated alkanes) is 1. The third-order valence-electron chi connectivity index (χ3n) is 3.56. The summed E-state index contributed by atoms with van der Waals surface area (Å²) in [6, 6.07) is 9.51. The van der Waals surface area contributed by atoms with Crippen LogP contribution < -0.4 is 0 Å². The van der Waals surface area contributed by atoms with Crippen LogP contribution >= 0.6 is 0 Å². The monoisotopic (exact) mass is 325 g/mol. The fourth-order valence-corrected chi connectivity index (χ4v) is 1.84. The standard InChI is InChI=1S/C17H17NO.C4H10.CH4/c1-12(16-5-4-10-18-14(16)3)6-8-15-9-7-13(2)17(19)11-15;1-3-4-2;/h4-11,19H,1H2,2-3H3;3-4H2,1-2H3;1H4/b8-6+;;. The number of allylic oxidation sites excluding steroid dienone is 2. The molecule has 0 spiro atoms. The van der Waals surface area contributed by atoms with E-state index in [1.54, 1.807) is 12.3 Å². The van der Waals surface area contributed by atoms with E-state index in [1.165, 1.54) is 12.8 Å². The average Bonchev–Trinajstić information content (AvgIpc) is 2.56. The number of phenolic OH excluding ortho intramolecular Hbond substituents is 1. The lowest BCUT2D eigenvalue weighted by Gasteiger charge is -2.04. The maximum atomic E-state index is 9.66. The molecule has 2 rings (SSSR count). The molecule has 2 heteroatoms. The molecule has 2 nitrogen and oxygen atoms in total. The molecule has 24 heavy (non-hydrogen) atoms. The van der Waals surface area contributed by atoms with Gasteiger partial charge in [-0.3, -0.25) is 4.98 Å². The second-order valence-corrected chi connectivity index (χ2v) is 5.54. The van der Waals surface area contributed by atoms with E-state index in [0.29, 0.717) is 5.75 Å². The van der Waals surface area contributed by atoms with Gasteiger partial charge >= 0.3 is 0 Å². The van der Waals surface area contributed by atoms with Gasteiger partial charge in [0, 0.05) is 17.5 Å². The molecule has 0 aliphatic rings.